The molecule has 0 aliphatic carbocycles. The highest BCUT2D eigenvalue weighted by Crippen LogP contribution is 2.47. The van der Waals surface area contributed by atoms with Crippen LogP contribution in [-0.4, -0.2) is 19.6 Å². The van der Waals surface area contributed by atoms with Gasteiger partial charge in [-0.25, -0.2) is 0 Å². The lowest BCUT2D eigenvalue weighted by atomic mass is 9.97. The van der Waals surface area contributed by atoms with Crippen LogP contribution in [0.2, 0.25) is 0 Å². The molecule has 0 spiro atoms. The third-order valence-electron chi connectivity index (χ3n) is 9.07. The molecule has 0 atom stereocenters. The van der Waals surface area contributed by atoms with E-state index in [1.54, 1.807) is 23.6 Å². The molecular formula is C42H25N3O3S. The Balaban J connectivity index is 1.23. The molecule has 232 valence electrons. The largest absolute Gasteiger partial charge is 0.504 e. The fourth-order valence-corrected chi connectivity index (χ4v) is 8.03. The van der Waals surface area contributed by atoms with Crippen LogP contribution >= 0.6 is 11.3 Å². The van der Waals surface area contributed by atoms with Gasteiger partial charge in [0.2, 0.25) is 0 Å². The van der Waals surface area contributed by atoms with Crippen molar-refractivity contribution in [3.05, 3.63) is 146 Å². The van der Waals surface area contributed by atoms with E-state index in [0.717, 1.165) is 81.2 Å². The fraction of sp³-hybridized carbons (Fsp3) is 0. The molecule has 6 nitrogen and oxygen atoms in total. The average Bonchev–Trinajstić information content (AvgIpc) is 3.84. The summed E-state index contributed by atoms with van der Waals surface area (Å²) >= 11 is 1.60. The number of rotatable bonds is 5. The zero-order valence-electron chi connectivity index (χ0n) is 25.9. The van der Waals surface area contributed by atoms with Gasteiger partial charge in [0.05, 0.1) is 21.6 Å². The summed E-state index contributed by atoms with van der Waals surface area (Å²) in [7, 11) is 0. The van der Waals surface area contributed by atoms with Crippen molar-refractivity contribution in [1.29, 1.82) is 0 Å². The maximum absolute atomic E-state index is 11.2. The number of aromatic hydroxyl groups is 1. The Morgan fingerprint density at radius 2 is 1.49 bits per heavy atom. The number of phenolic OH excluding ortho intramolecular Hbond substituents is 1. The quantitative estimate of drug-likeness (QED) is 0.200. The van der Waals surface area contributed by atoms with Gasteiger partial charge in [0.15, 0.2) is 11.5 Å². The lowest BCUT2D eigenvalue weighted by molar-refractivity contribution is 0.394. The van der Waals surface area contributed by atoms with Gasteiger partial charge in [-0.3, -0.25) is 9.55 Å². The summed E-state index contributed by atoms with van der Waals surface area (Å²) in [6, 6.07) is 46.8. The number of hydrogen-bond donors (Lipinski definition) is 1. The molecule has 0 saturated carbocycles. The molecule has 0 amide bonds. The standard InChI is InChI=1S/C42H25N3O3S/c46-35-21-20-30-29-14-5-7-19-37(29)49-41(30)40(35)48-42-44-38-27(15-10-17-34(38)45(42)26-11-2-1-3-12-26)25-23-31-28-13-4-6-18-36(28)47-39(31)32(24-25)33-16-8-9-22-43-33/h1-24,46H. The SMILES string of the molecule is Oc1ccc2c(sc3ccccc32)c1Oc1nc2c(-c3cc(-c4ccccn4)c4oc5ccccc5c4c3)cccc2n1-c1ccccc1. The van der Waals surface area contributed by atoms with Gasteiger partial charge in [-0.05, 0) is 72.3 Å². The van der Waals surface area contributed by atoms with E-state index in [4.69, 9.17) is 19.1 Å². The van der Waals surface area contributed by atoms with Crippen molar-refractivity contribution in [2.75, 3.05) is 0 Å². The van der Waals surface area contributed by atoms with Crippen molar-refractivity contribution in [2.24, 2.45) is 0 Å². The molecule has 0 unspecified atom stereocenters. The molecule has 1 N–H and O–H groups in total. The Kier molecular flexibility index (Phi) is 6.10. The molecule has 0 radical (unpaired) electrons. The zero-order valence-corrected chi connectivity index (χ0v) is 26.7. The number of ether oxygens (including phenoxy) is 1. The molecule has 0 saturated heterocycles. The topological polar surface area (TPSA) is 73.3 Å². The normalized spacial score (nSPS) is 11.8. The van der Waals surface area contributed by atoms with Crippen LogP contribution in [0.1, 0.15) is 0 Å². The van der Waals surface area contributed by atoms with E-state index in [1.165, 1.54) is 0 Å². The molecule has 0 aliphatic rings. The van der Waals surface area contributed by atoms with Gasteiger partial charge in [0.25, 0.3) is 0 Å². The molecule has 4 heterocycles. The van der Waals surface area contributed by atoms with Gasteiger partial charge in [-0.2, -0.15) is 4.98 Å². The predicted octanol–water partition coefficient (Wildman–Crippen LogP) is 11.5. The Hall–Kier alpha value is -6.44. The first-order chi connectivity index (χ1) is 24.2. The molecule has 10 rings (SSSR count). The van der Waals surface area contributed by atoms with E-state index in [0.29, 0.717) is 11.8 Å². The highest BCUT2D eigenvalue weighted by Gasteiger charge is 2.23. The second-order valence-corrected chi connectivity index (χ2v) is 13.0. The smallest absolute Gasteiger partial charge is 0.307 e. The molecule has 7 heteroatoms. The molecule has 0 aliphatic heterocycles. The number of aromatic nitrogens is 3. The number of nitrogens with zero attached hydrogens (tertiary/aromatic N) is 3. The van der Waals surface area contributed by atoms with Crippen molar-refractivity contribution in [3.63, 3.8) is 0 Å². The number of imidazole rings is 1. The van der Waals surface area contributed by atoms with Crippen molar-refractivity contribution < 1.29 is 14.3 Å². The summed E-state index contributed by atoms with van der Waals surface area (Å²) in [4.78, 5) is 9.89. The monoisotopic (exact) mass is 651 g/mol. The summed E-state index contributed by atoms with van der Waals surface area (Å²) in [5.41, 5.74) is 7.79. The highest BCUT2D eigenvalue weighted by atomic mass is 32.1. The van der Waals surface area contributed by atoms with Gasteiger partial charge in [-0.15, -0.1) is 11.3 Å². The number of furan rings is 1. The van der Waals surface area contributed by atoms with Crippen molar-refractivity contribution >= 4 is 64.5 Å². The van der Waals surface area contributed by atoms with E-state index in [1.807, 2.05) is 95.6 Å². The summed E-state index contributed by atoms with van der Waals surface area (Å²) in [6.45, 7) is 0. The molecule has 0 bridgehead atoms. The molecule has 6 aromatic carbocycles. The maximum atomic E-state index is 11.2. The van der Waals surface area contributed by atoms with Gasteiger partial charge in [-0.1, -0.05) is 72.8 Å². The second kappa shape index (κ2) is 10.8. The van der Waals surface area contributed by atoms with Crippen LogP contribution in [0.15, 0.2) is 150 Å². The first-order valence-electron chi connectivity index (χ1n) is 16.0. The van der Waals surface area contributed by atoms with Gasteiger partial charge < -0.3 is 14.3 Å². The van der Waals surface area contributed by atoms with Crippen LogP contribution in [0.25, 0.3) is 81.2 Å². The molecule has 49 heavy (non-hydrogen) atoms. The van der Waals surface area contributed by atoms with Crippen LogP contribution in [0, 0.1) is 0 Å². The van der Waals surface area contributed by atoms with E-state index in [9.17, 15) is 5.11 Å². The molecule has 4 aromatic heterocycles. The van der Waals surface area contributed by atoms with E-state index in [2.05, 4.69) is 42.5 Å². The zero-order chi connectivity index (χ0) is 32.5. The number of pyridine rings is 1. The number of benzene rings is 6. The van der Waals surface area contributed by atoms with E-state index < -0.39 is 0 Å². The van der Waals surface area contributed by atoms with Crippen LogP contribution in [-0.2, 0) is 0 Å². The van der Waals surface area contributed by atoms with Gasteiger partial charge >= 0.3 is 6.01 Å². The number of phenols is 1. The minimum atomic E-state index is 0.0586. The Morgan fingerprint density at radius 3 is 2.37 bits per heavy atom. The van der Waals surface area contributed by atoms with Crippen LogP contribution in [0.5, 0.6) is 17.5 Å². The third-order valence-corrected chi connectivity index (χ3v) is 10.3. The second-order valence-electron chi connectivity index (χ2n) is 11.9. The summed E-state index contributed by atoms with van der Waals surface area (Å²) in [5.74, 6) is 0.444. The van der Waals surface area contributed by atoms with Crippen LogP contribution in [0.4, 0.5) is 0 Å². The van der Waals surface area contributed by atoms with Crippen molar-refractivity contribution in [1.82, 2.24) is 14.5 Å². The molecule has 10 aromatic rings. The number of hydrogen-bond acceptors (Lipinski definition) is 6. The van der Waals surface area contributed by atoms with E-state index >= 15 is 0 Å². The highest BCUT2D eigenvalue weighted by molar-refractivity contribution is 7.26. The molecule has 0 fully saturated rings. The summed E-state index contributed by atoms with van der Waals surface area (Å²) in [6.07, 6.45) is 1.80. The Bertz CT molecular complexity index is 2870. The van der Waals surface area contributed by atoms with Gasteiger partial charge in [0, 0.05) is 43.6 Å². The summed E-state index contributed by atoms with van der Waals surface area (Å²) < 4.78 is 17.1. The number of para-hydroxylation sites is 3. The van der Waals surface area contributed by atoms with Gasteiger partial charge in [0.1, 0.15) is 16.7 Å². The van der Waals surface area contributed by atoms with Crippen molar-refractivity contribution in [3.8, 4) is 45.6 Å². The predicted molar refractivity (Wildman–Crippen MR) is 198 cm³/mol. The average molecular weight is 652 g/mol. The minimum absolute atomic E-state index is 0.0586. The fourth-order valence-electron chi connectivity index (χ4n) is 6.84. The summed E-state index contributed by atoms with van der Waals surface area (Å²) in [5, 5.41) is 15.4. The lowest BCUT2D eigenvalue weighted by Crippen LogP contribution is -1.98. The number of thiophene rings is 1. The van der Waals surface area contributed by atoms with Crippen LogP contribution < -0.4 is 4.74 Å². The first-order valence-corrected chi connectivity index (χ1v) is 16.8. The molecular weight excluding hydrogens is 627 g/mol. The lowest BCUT2D eigenvalue weighted by Gasteiger charge is -2.12. The minimum Gasteiger partial charge on any atom is -0.504 e. The first kappa shape index (κ1) is 27.7. The van der Waals surface area contributed by atoms with Crippen LogP contribution in [0.3, 0.4) is 0 Å². The maximum Gasteiger partial charge on any atom is 0.307 e. The van der Waals surface area contributed by atoms with E-state index in [-0.39, 0.29) is 5.75 Å². The Labute approximate surface area is 283 Å². The number of fused-ring (bicyclic) bond motifs is 7. The van der Waals surface area contributed by atoms with Crippen molar-refractivity contribution in [2.45, 2.75) is 0 Å². The third kappa shape index (κ3) is 4.33. The Morgan fingerprint density at radius 1 is 0.673 bits per heavy atom.